The van der Waals surface area contributed by atoms with Crippen molar-refractivity contribution in [2.75, 3.05) is 12.3 Å². The number of carbonyl (C=O) groups is 3. The summed E-state index contributed by atoms with van der Waals surface area (Å²) in [6, 6.07) is 6.14. The summed E-state index contributed by atoms with van der Waals surface area (Å²) in [7, 11) is 0. The monoisotopic (exact) mass is 351 g/mol. The number of ether oxygens (including phenoxy) is 1. The molecule has 0 unspecified atom stereocenters. The third kappa shape index (κ3) is 5.06. The van der Waals surface area contributed by atoms with Crippen LogP contribution in [-0.2, 0) is 16.1 Å². The summed E-state index contributed by atoms with van der Waals surface area (Å²) in [4.78, 5) is 35.7. The van der Waals surface area contributed by atoms with E-state index >= 15 is 0 Å². The average Bonchev–Trinajstić information content (AvgIpc) is 3.04. The number of hydrogen-bond acceptors (Lipinski definition) is 6. The van der Waals surface area contributed by atoms with E-state index in [0.717, 1.165) is 23.1 Å². The molecule has 7 nitrogen and oxygen atoms in total. The lowest BCUT2D eigenvalue weighted by atomic mass is 10.2. The number of esters is 1. The molecule has 3 amide bonds. The Morgan fingerprint density at radius 1 is 1.25 bits per heavy atom. The van der Waals surface area contributed by atoms with Crippen LogP contribution >= 0.6 is 11.3 Å². The lowest BCUT2D eigenvalue weighted by Gasteiger charge is -2.08. The second kappa shape index (κ2) is 8.06. The van der Waals surface area contributed by atoms with Gasteiger partial charge >= 0.3 is 12.0 Å². The number of nitrogens with one attached hydrogen (secondary N) is 2. The van der Waals surface area contributed by atoms with Crippen LogP contribution in [0.5, 0.6) is 0 Å². The number of nitrogens with two attached hydrogens (primary N) is 1. The molecule has 0 spiro atoms. The van der Waals surface area contributed by atoms with E-state index in [4.69, 9.17) is 10.5 Å². The predicted molar refractivity (Wildman–Crippen MR) is 85.8 cm³/mol. The van der Waals surface area contributed by atoms with Crippen molar-refractivity contribution >= 4 is 34.9 Å². The van der Waals surface area contributed by atoms with Gasteiger partial charge in [0.05, 0.1) is 12.1 Å². The molecule has 0 saturated carbocycles. The molecular formula is C15H14FN3O4S. The van der Waals surface area contributed by atoms with Gasteiger partial charge < -0.3 is 15.8 Å². The molecule has 0 saturated heterocycles. The Balaban J connectivity index is 1.75. The number of imide groups is 1. The quantitative estimate of drug-likeness (QED) is 0.560. The minimum absolute atomic E-state index is 0.0636. The first-order chi connectivity index (χ1) is 11.5. The minimum Gasteiger partial charge on any atom is -0.452 e. The summed E-state index contributed by atoms with van der Waals surface area (Å²) >= 11 is 1.46. The van der Waals surface area contributed by atoms with Gasteiger partial charge in [-0.1, -0.05) is 6.07 Å². The third-order valence-corrected chi connectivity index (χ3v) is 3.70. The van der Waals surface area contributed by atoms with Crippen LogP contribution in [0.3, 0.4) is 0 Å². The first kappa shape index (κ1) is 17.4. The van der Waals surface area contributed by atoms with Crippen LogP contribution in [-0.4, -0.2) is 24.5 Å². The summed E-state index contributed by atoms with van der Waals surface area (Å²) in [5.74, 6) is -2.28. The standard InChI is InChI=1S/C15H14FN3O4S/c16-9-3-4-11(12(17)6-9)14(21)23-8-13(20)19-15(22)18-7-10-2-1-5-24-10/h1-6H,7-8,17H2,(H2,18,19,20,22). The van der Waals surface area contributed by atoms with Crippen molar-refractivity contribution in [2.24, 2.45) is 0 Å². The van der Waals surface area contributed by atoms with Crippen LogP contribution < -0.4 is 16.4 Å². The first-order valence-electron chi connectivity index (χ1n) is 6.78. The molecule has 0 atom stereocenters. The number of rotatable bonds is 5. The average molecular weight is 351 g/mol. The minimum atomic E-state index is -0.887. The summed E-state index contributed by atoms with van der Waals surface area (Å²) in [5.41, 5.74) is 5.32. The predicted octanol–water partition coefficient (Wildman–Crippen LogP) is 1.65. The SMILES string of the molecule is Nc1cc(F)ccc1C(=O)OCC(=O)NC(=O)NCc1cccs1. The van der Waals surface area contributed by atoms with Gasteiger partial charge in [-0.2, -0.15) is 0 Å². The number of thiophene rings is 1. The van der Waals surface area contributed by atoms with Gasteiger partial charge in [0.15, 0.2) is 6.61 Å². The van der Waals surface area contributed by atoms with E-state index in [1.54, 1.807) is 0 Å². The number of benzene rings is 1. The zero-order chi connectivity index (χ0) is 17.5. The van der Waals surface area contributed by atoms with E-state index < -0.39 is 30.3 Å². The van der Waals surface area contributed by atoms with Gasteiger partial charge in [-0.3, -0.25) is 10.1 Å². The van der Waals surface area contributed by atoms with E-state index in [1.807, 2.05) is 22.8 Å². The Hall–Kier alpha value is -2.94. The highest BCUT2D eigenvalue weighted by Crippen LogP contribution is 2.14. The van der Waals surface area contributed by atoms with Crippen molar-refractivity contribution in [1.82, 2.24) is 10.6 Å². The van der Waals surface area contributed by atoms with E-state index in [-0.39, 0.29) is 17.8 Å². The van der Waals surface area contributed by atoms with Crippen LogP contribution in [0.1, 0.15) is 15.2 Å². The number of urea groups is 1. The molecule has 24 heavy (non-hydrogen) atoms. The molecule has 1 aromatic heterocycles. The molecule has 0 aliphatic rings. The molecule has 0 fully saturated rings. The lowest BCUT2D eigenvalue weighted by Crippen LogP contribution is -2.41. The number of anilines is 1. The van der Waals surface area contributed by atoms with Crippen LogP contribution in [0, 0.1) is 5.82 Å². The fourth-order valence-electron chi connectivity index (χ4n) is 1.72. The number of hydrogen-bond donors (Lipinski definition) is 3. The Kier molecular flexibility index (Phi) is 5.85. The molecule has 2 rings (SSSR count). The molecule has 0 bridgehead atoms. The maximum Gasteiger partial charge on any atom is 0.340 e. The van der Waals surface area contributed by atoms with Crippen molar-refractivity contribution in [2.45, 2.75) is 6.54 Å². The molecule has 0 radical (unpaired) electrons. The van der Waals surface area contributed by atoms with Crippen LogP contribution in [0.4, 0.5) is 14.9 Å². The highest BCUT2D eigenvalue weighted by molar-refractivity contribution is 7.09. The number of carbonyl (C=O) groups excluding carboxylic acids is 3. The fourth-order valence-corrected chi connectivity index (χ4v) is 2.36. The largest absolute Gasteiger partial charge is 0.452 e. The van der Waals surface area contributed by atoms with Crippen LogP contribution in [0.25, 0.3) is 0 Å². The van der Waals surface area contributed by atoms with Gasteiger partial charge in [0.25, 0.3) is 5.91 Å². The molecule has 0 aliphatic carbocycles. The Morgan fingerprint density at radius 2 is 2.04 bits per heavy atom. The van der Waals surface area contributed by atoms with Crippen molar-refractivity contribution in [3.05, 3.63) is 52.0 Å². The first-order valence-corrected chi connectivity index (χ1v) is 7.66. The second-order valence-electron chi connectivity index (χ2n) is 4.62. The second-order valence-corrected chi connectivity index (χ2v) is 5.65. The Morgan fingerprint density at radius 3 is 2.71 bits per heavy atom. The molecule has 2 aromatic rings. The molecule has 1 aromatic carbocycles. The summed E-state index contributed by atoms with van der Waals surface area (Å²) in [5, 5.41) is 6.37. The van der Waals surface area contributed by atoms with E-state index in [9.17, 15) is 18.8 Å². The third-order valence-electron chi connectivity index (χ3n) is 2.82. The molecule has 9 heteroatoms. The van der Waals surface area contributed by atoms with Crippen LogP contribution in [0.15, 0.2) is 35.7 Å². The van der Waals surface area contributed by atoms with E-state index in [2.05, 4.69) is 5.32 Å². The molecule has 1 heterocycles. The highest BCUT2D eigenvalue weighted by atomic mass is 32.1. The van der Waals surface area contributed by atoms with Crippen LogP contribution in [0.2, 0.25) is 0 Å². The topological polar surface area (TPSA) is 111 Å². The van der Waals surface area contributed by atoms with E-state index in [0.29, 0.717) is 0 Å². The van der Waals surface area contributed by atoms with Gasteiger partial charge in [-0.15, -0.1) is 11.3 Å². The van der Waals surface area contributed by atoms with Crippen molar-refractivity contribution < 1.29 is 23.5 Å². The number of amides is 3. The van der Waals surface area contributed by atoms with Crippen molar-refractivity contribution in [3.63, 3.8) is 0 Å². The zero-order valence-corrected chi connectivity index (χ0v) is 13.2. The van der Waals surface area contributed by atoms with Gasteiger partial charge in [0.1, 0.15) is 5.82 Å². The number of nitrogen functional groups attached to an aromatic ring is 1. The zero-order valence-electron chi connectivity index (χ0n) is 12.4. The van der Waals surface area contributed by atoms with Gasteiger partial charge in [0, 0.05) is 10.6 Å². The lowest BCUT2D eigenvalue weighted by molar-refractivity contribution is -0.123. The fraction of sp³-hybridized carbons (Fsp3) is 0.133. The molecule has 4 N–H and O–H groups in total. The summed E-state index contributed by atoms with van der Waals surface area (Å²) in [6.07, 6.45) is 0. The molecular weight excluding hydrogens is 337 g/mol. The summed E-state index contributed by atoms with van der Waals surface area (Å²) < 4.78 is 17.6. The van der Waals surface area contributed by atoms with E-state index in [1.165, 1.54) is 11.3 Å². The van der Waals surface area contributed by atoms with Gasteiger partial charge in [0.2, 0.25) is 0 Å². The number of halogens is 1. The normalized spacial score (nSPS) is 10.0. The van der Waals surface area contributed by atoms with Gasteiger partial charge in [-0.25, -0.2) is 14.0 Å². The Labute approximate surface area is 140 Å². The highest BCUT2D eigenvalue weighted by Gasteiger charge is 2.15. The molecule has 0 aliphatic heterocycles. The van der Waals surface area contributed by atoms with Crippen molar-refractivity contribution in [3.8, 4) is 0 Å². The van der Waals surface area contributed by atoms with Crippen molar-refractivity contribution in [1.29, 1.82) is 0 Å². The smallest absolute Gasteiger partial charge is 0.340 e. The maximum atomic E-state index is 12.9. The molecule has 126 valence electrons. The van der Waals surface area contributed by atoms with Gasteiger partial charge in [-0.05, 0) is 29.6 Å². The summed E-state index contributed by atoms with van der Waals surface area (Å²) in [6.45, 7) is -0.384. The Bertz CT molecular complexity index is 749. The maximum absolute atomic E-state index is 12.9.